The quantitative estimate of drug-likeness (QED) is 0.870. The van der Waals surface area contributed by atoms with Gasteiger partial charge < -0.3 is 14.9 Å². The molecule has 2 aliphatic rings. The Kier molecular flexibility index (Phi) is 4.09. The number of hydrogen-bond acceptors (Lipinski definition) is 4. The molecule has 5 heteroatoms. The van der Waals surface area contributed by atoms with Gasteiger partial charge in [-0.15, -0.1) is 0 Å². The summed E-state index contributed by atoms with van der Waals surface area (Å²) in [5, 5.41) is 19.8. The lowest BCUT2D eigenvalue weighted by Gasteiger charge is -2.47. The normalized spacial score (nSPS) is 24.9. The SMILES string of the molecule is CC(C)(CC(=O)O)c1cc(O)c2c(c1)OC(C)(C)[C@@H]1CCC(=O)C[C@@H]21. The molecule has 0 radical (unpaired) electrons. The van der Waals surface area contributed by atoms with Crippen molar-refractivity contribution in [1.29, 1.82) is 0 Å². The third kappa shape index (κ3) is 3.12. The molecule has 1 aliphatic carbocycles. The topological polar surface area (TPSA) is 83.8 Å². The van der Waals surface area contributed by atoms with Gasteiger partial charge in [0.25, 0.3) is 0 Å². The highest BCUT2D eigenvalue weighted by Gasteiger charge is 2.47. The fourth-order valence-electron chi connectivity index (χ4n) is 4.44. The first-order chi connectivity index (χ1) is 11.5. The molecule has 136 valence electrons. The summed E-state index contributed by atoms with van der Waals surface area (Å²) < 4.78 is 6.23. The van der Waals surface area contributed by atoms with Gasteiger partial charge in [0.05, 0.1) is 6.42 Å². The summed E-state index contributed by atoms with van der Waals surface area (Å²) in [5.74, 6) is 0.152. The van der Waals surface area contributed by atoms with Crippen LogP contribution in [-0.2, 0) is 15.0 Å². The van der Waals surface area contributed by atoms with E-state index in [1.165, 1.54) is 0 Å². The lowest BCUT2D eigenvalue weighted by atomic mass is 9.66. The maximum Gasteiger partial charge on any atom is 0.304 e. The van der Waals surface area contributed by atoms with E-state index in [1.54, 1.807) is 6.07 Å². The highest BCUT2D eigenvalue weighted by atomic mass is 16.5. The van der Waals surface area contributed by atoms with E-state index in [0.717, 1.165) is 12.0 Å². The second-order valence-electron chi connectivity index (χ2n) is 8.56. The number of rotatable bonds is 3. The van der Waals surface area contributed by atoms with Crippen LogP contribution in [0.1, 0.15) is 70.4 Å². The van der Waals surface area contributed by atoms with Crippen LogP contribution in [0.5, 0.6) is 11.5 Å². The Morgan fingerprint density at radius 1 is 1.36 bits per heavy atom. The third-order valence-electron chi connectivity index (χ3n) is 5.80. The molecule has 2 N–H and O–H groups in total. The number of Topliss-reactive ketones (excluding diaryl/α,β-unsaturated/α-hetero) is 1. The Labute approximate surface area is 148 Å². The number of hydrogen-bond donors (Lipinski definition) is 2. The maximum atomic E-state index is 12.0. The monoisotopic (exact) mass is 346 g/mol. The van der Waals surface area contributed by atoms with Crippen LogP contribution in [0.2, 0.25) is 0 Å². The number of benzene rings is 1. The van der Waals surface area contributed by atoms with E-state index in [-0.39, 0.29) is 29.8 Å². The van der Waals surface area contributed by atoms with Crippen molar-refractivity contribution in [3.63, 3.8) is 0 Å². The van der Waals surface area contributed by atoms with Gasteiger partial charge in [-0.2, -0.15) is 0 Å². The van der Waals surface area contributed by atoms with Crippen LogP contribution in [0.25, 0.3) is 0 Å². The smallest absolute Gasteiger partial charge is 0.304 e. The summed E-state index contributed by atoms with van der Waals surface area (Å²) in [6, 6.07) is 3.48. The van der Waals surface area contributed by atoms with Crippen LogP contribution in [0, 0.1) is 5.92 Å². The average Bonchev–Trinajstić information content (AvgIpc) is 2.44. The van der Waals surface area contributed by atoms with Crippen molar-refractivity contribution in [1.82, 2.24) is 0 Å². The van der Waals surface area contributed by atoms with Crippen molar-refractivity contribution in [2.45, 2.75) is 70.3 Å². The van der Waals surface area contributed by atoms with Crippen LogP contribution in [-0.4, -0.2) is 27.6 Å². The molecule has 1 fully saturated rings. The predicted octanol–water partition coefficient (Wildman–Crippen LogP) is 3.77. The lowest BCUT2D eigenvalue weighted by molar-refractivity contribution is -0.138. The zero-order valence-electron chi connectivity index (χ0n) is 15.3. The van der Waals surface area contributed by atoms with Crippen LogP contribution in [0.4, 0.5) is 0 Å². The zero-order chi connectivity index (χ0) is 18.6. The summed E-state index contributed by atoms with van der Waals surface area (Å²) in [4.78, 5) is 23.2. The fraction of sp³-hybridized carbons (Fsp3) is 0.600. The molecule has 1 aromatic carbocycles. The van der Waals surface area contributed by atoms with Crippen molar-refractivity contribution in [2.75, 3.05) is 0 Å². The number of ketones is 1. The number of aromatic hydroxyl groups is 1. The van der Waals surface area contributed by atoms with Crippen molar-refractivity contribution >= 4 is 11.8 Å². The highest BCUT2D eigenvalue weighted by Crippen LogP contribution is 2.54. The van der Waals surface area contributed by atoms with E-state index in [4.69, 9.17) is 9.84 Å². The van der Waals surface area contributed by atoms with Gasteiger partial charge in [0, 0.05) is 35.7 Å². The minimum atomic E-state index is -0.888. The van der Waals surface area contributed by atoms with E-state index < -0.39 is 17.0 Å². The molecule has 0 unspecified atom stereocenters. The van der Waals surface area contributed by atoms with Crippen molar-refractivity contribution < 1.29 is 24.5 Å². The molecular formula is C20H26O5. The molecule has 3 rings (SSSR count). The summed E-state index contributed by atoms with van der Waals surface area (Å²) in [5.41, 5.74) is 0.362. The number of carboxylic acids is 1. The third-order valence-corrected chi connectivity index (χ3v) is 5.80. The first-order valence-electron chi connectivity index (χ1n) is 8.81. The molecule has 0 spiro atoms. The predicted molar refractivity (Wildman–Crippen MR) is 93.2 cm³/mol. The molecule has 25 heavy (non-hydrogen) atoms. The minimum Gasteiger partial charge on any atom is -0.508 e. The molecule has 0 amide bonds. The summed E-state index contributed by atoms with van der Waals surface area (Å²) in [7, 11) is 0. The number of ether oxygens (including phenoxy) is 1. The number of phenolic OH excluding ortho intramolecular Hbond substituents is 1. The molecule has 2 atom stereocenters. The van der Waals surface area contributed by atoms with E-state index >= 15 is 0 Å². The van der Waals surface area contributed by atoms with Crippen LogP contribution >= 0.6 is 0 Å². The molecule has 1 aliphatic heterocycles. The molecule has 1 aromatic rings. The molecule has 0 saturated heterocycles. The second kappa shape index (κ2) is 5.75. The van der Waals surface area contributed by atoms with Crippen LogP contribution in [0.3, 0.4) is 0 Å². The summed E-state index contributed by atoms with van der Waals surface area (Å²) in [6.45, 7) is 7.72. The lowest BCUT2D eigenvalue weighted by Crippen LogP contribution is -2.47. The van der Waals surface area contributed by atoms with Gasteiger partial charge in [-0.25, -0.2) is 0 Å². The van der Waals surface area contributed by atoms with E-state index in [2.05, 4.69) is 0 Å². The van der Waals surface area contributed by atoms with Crippen LogP contribution in [0.15, 0.2) is 12.1 Å². The summed E-state index contributed by atoms with van der Waals surface area (Å²) >= 11 is 0. The Balaban J connectivity index is 2.09. The molecule has 0 bridgehead atoms. The van der Waals surface area contributed by atoms with Gasteiger partial charge >= 0.3 is 5.97 Å². The van der Waals surface area contributed by atoms with Gasteiger partial charge in [0.15, 0.2) is 0 Å². The standard InChI is InChI=1S/C20H26O5/c1-19(2,10-17(23)24)11-7-15(22)18-13-9-12(21)5-6-14(13)20(3,4)25-16(18)8-11/h7-8,13-14,22H,5-6,9-10H2,1-4H3,(H,23,24)/t13-,14-/m1/s1. The number of carboxylic acid groups (broad SMARTS) is 1. The molecule has 1 heterocycles. The largest absolute Gasteiger partial charge is 0.508 e. The van der Waals surface area contributed by atoms with E-state index in [0.29, 0.717) is 24.2 Å². The number of aliphatic carboxylic acids is 1. The molecule has 5 nitrogen and oxygen atoms in total. The highest BCUT2D eigenvalue weighted by molar-refractivity contribution is 5.81. The number of fused-ring (bicyclic) bond motifs is 3. The minimum absolute atomic E-state index is 0.0425. The Bertz CT molecular complexity index is 732. The Morgan fingerprint density at radius 3 is 2.68 bits per heavy atom. The van der Waals surface area contributed by atoms with Gasteiger partial charge in [-0.3, -0.25) is 9.59 Å². The van der Waals surface area contributed by atoms with Crippen molar-refractivity contribution in [3.8, 4) is 11.5 Å². The first kappa shape index (κ1) is 17.8. The van der Waals surface area contributed by atoms with Crippen molar-refractivity contribution in [2.24, 2.45) is 5.92 Å². The van der Waals surface area contributed by atoms with E-state index in [9.17, 15) is 14.7 Å². The maximum absolute atomic E-state index is 12.0. The van der Waals surface area contributed by atoms with Gasteiger partial charge in [0.1, 0.15) is 22.9 Å². The number of carbonyl (C=O) groups excluding carboxylic acids is 1. The zero-order valence-corrected chi connectivity index (χ0v) is 15.3. The van der Waals surface area contributed by atoms with Gasteiger partial charge in [-0.05, 0) is 38.0 Å². The second-order valence-corrected chi connectivity index (χ2v) is 8.56. The number of carbonyl (C=O) groups is 2. The van der Waals surface area contributed by atoms with Gasteiger partial charge in [-0.1, -0.05) is 13.8 Å². The molecular weight excluding hydrogens is 320 g/mol. The molecule has 1 saturated carbocycles. The Morgan fingerprint density at radius 2 is 2.04 bits per heavy atom. The fourth-order valence-corrected chi connectivity index (χ4v) is 4.44. The summed E-state index contributed by atoms with van der Waals surface area (Å²) in [6.07, 6.45) is 1.71. The van der Waals surface area contributed by atoms with Crippen LogP contribution < -0.4 is 4.74 Å². The Hall–Kier alpha value is -2.04. The number of phenols is 1. The average molecular weight is 346 g/mol. The first-order valence-corrected chi connectivity index (χ1v) is 8.81. The van der Waals surface area contributed by atoms with Gasteiger partial charge in [0.2, 0.25) is 0 Å². The van der Waals surface area contributed by atoms with Crippen molar-refractivity contribution in [3.05, 3.63) is 23.3 Å². The molecule has 0 aromatic heterocycles. The van der Waals surface area contributed by atoms with E-state index in [1.807, 2.05) is 33.8 Å².